The third-order valence-electron chi connectivity index (χ3n) is 6.03. The summed E-state index contributed by atoms with van der Waals surface area (Å²) >= 11 is 0. The molecule has 0 radical (unpaired) electrons. The van der Waals surface area contributed by atoms with Gasteiger partial charge in [0.2, 0.25) is 5.91 Å². The Bertz CT molecular complexity index is 1190. The Morgan fingerprint density at radius 3 is 2.44 bits per heavy atom. The van der Waals surface area contributed by atoms with Gasteiger partial charge in [0.25, 0.3) is 5.91 Å². The molecule has 1 aromatic heterocycles. The molecule has 162 valence electrons. The van der Waals surface area contributed by atoms with E-state index < -0.39 is 5.91 Å². The van der Waals surface area contributed by atoms with Gasteiger partial charge in [0.05, 0.1) is 0 Å². The Morgan fingerprint density at radius 1 is 1.09 bits per heavy atom. The summed E-state index contributed by atoms with van der Waals surface area (Å²) in [7, 11) is 0. The second-order valence-electron chi connectivity index (χ2n) is 8.09. The zero-order chi connectivity index (χ0) is 22.3. The van der Waals surface area contributed by atoms with Crippen molar-refractivity contribution < 1.29 is 14.3 Å². The van der Waals surface area contributed by atoms with E-state index >= 15 is 0 Å². The molecule has 0 atom stereocenters. The molecule has 0 bridgehead atoms. The van der Waals surface area contributed by atoms with Crippen LogP contribution >= 0.6 is 0 Å². The molecule has 2 aliphatic heterocycles. The van der Waals surface area contributed by atoms with Crippen molar-refractivity contribution in [2.75, 3.05) is 25.0 Å². The number of amides is 2. The fourth-order valence-electron chi connectivity index (χ4n) is 4.43. The Morgan fingerprint density at radius 2 is 1.78 bits per heavy atom. The van der Waals surface area contributed by atoms with Crippen LogP contribution in [0.15, 0.2) is 67.3 Å². The van der Waals surface area contributed by atoms with Crippen LogP contribution in [0.5, 0.6) is 11.5 Å². The van der Waals surface area contributed by atoms with E-state index in [0.29, 0.717) is 42.5 Å². The molecule has 5 rings (SSSR count). The summed E-state index contributed by atoms with van der Waals surface area (Å²) in [6.45, 7) is 5.28. The molecule has 0 unspecified atom stereocenters. The topological polar surface area (TPSA) is 102 Å². The van der Waals surface area contributed by atoms with Gasteiger partial charge in [0.1, 0.15) is 34.1 Å². The van der Waals surface area contributed by atoms with Crippen molar-refractivity contribution in [3.63, 3.8) is 0 Å². The Hall–Kier alpha value is -4.07. The molecule has 0 saturated carbocycles. The Kier molecular flexibility index (Phi) is 4.70. The van der Waals surface area contributed by atoms with Crippen molar-refractivity contribution in [1.29, 1.82) is 0 Å². The number of carbonyl (C=O) groups excluding carboxylic acids is 2. The highest BCUT2D eigenvalue weighted by Crippen LogP contribution is 2.42. The van der Waals surface area contributed by atoms with Gasteiger partial charge in [0, 0.05) is 25.2 Å². The molecule has 1 spiro atoms. The minimum atomic E-state index is -0.547. The van der Waals surface area contributed by atoms with Gasteiger partial charge in [-0.15, -0.1) is 0 Å². The van der Waals surface area contributed by atoms with Crippen LogP contribution in [0.1, 0.15) is 16.8 Å². The maximum absolute atomic E-state index is 12.4. The molecule has 3 N–H and O–H groups in total. The van der Waals surface area contributed by atoms with Gasteiger partial charge in [-0.1, -0.05) is 24.8 Å². The number of hydrogen-bond acceptors (Lipinski definition) is 5. The lowest BCUT2D eigenvalue weighted by Crippen LogP contribution is -2.66. The van der Waals surface area contributed by atoms with Crippen LogP contribution in [-0.2, 0) is 10.3 Å². The Balaban J connectivity index is 1.48. The fourth-order valence-corrected chi connectivity index (χ4v) is 4.43. The standard InChI is InChI=1S/C24H23N5O3/c1-2-19(30)28-14-24(15-28)12-13-26-23-20(22(25)31)21(27-29(23)24)16-8-10-18(11-9-16)32-17-6-4-3-5-7-17/h2-11,26H,1,12-15H2,(H2,25,31). The number of primary amides is 1. The number of nitrogens with zero attached hydrogens (tertiary/aromatic N) is 3. The number of nitrogens with two attached hydrogens (primary N) is 1. The summed E-state index contributed by atoms with van der Waals surface area (Å²) in [5, 5.41) is 8.08. The van der Waals surface area contributed by atoms with E-state index in [4.69, 9.17) is 15.6 Å². The molecule has 8 heteroatoms. The van der Waals surface area contributed by atoms with Crippen molar-refractivity contribution in [3.8, 4) is 22.8 Å². The van der Waals surface area contributed by atoms with Crippen molar-refractivity contribution >= 4 is 17.6 Å². The number of fused-ring (bicyclic) bond motifs is 2. The highest BCUT2D eigenvalue weighted by Gasteiger charge is 2.50. The van der Waals surface area contributed by atoms with Gasteiger partial charge in [-0.05, 0) is 48.9 Å². The molecule has 1 saturated heterocycles. The van der Waals surface area contributed by atoms with Crippen molar-refractivity contribution in [1.82, 2.24) is 14.7 Å². The highest BCUT2D eigenvalue weighted by atomic mass is 16.5. The van der Waals surface area contributed by atoms with Crippen LogP contribution in [0.2, 0.25) is 0 Å². The number of para-hydroxylation sites is 1. The molecule has 2 aliphatic rings. The first-order valence-corrected chi connectivity index (χ1v) is 10.4. The number of aromatic nitrogens is 2. The second-order valence-corrected chi connectivity index (χ2v) is 8.09. The van der Waals surface area contributed by atoms with E-state index in [2.05, 4.69) is 11.9 Å². The Labute approximate surface area is 185 Å². The molecular weight excluding hydrogens is 406 g/mol. The number of nitrogens with one attached hydrogen (secondary N) is 1. The number of ether oxygens (including phenoxy) is 1. The van der Waals surface area contributed by atoms with Gasteiger partial charge in [-0.3, -0.25) is 9.59 Å². The largest absolute Gasteiger partial charge is 0.457 e. The summed E-state index contributed by atoms with van der Waals surface area (Å²) in [6, 6.07) is 16.9. The first-order chi connectivity index (χ1) is 15.5. The maximum Gasteiger partial charge on any atom is 0.254 e. The zero-order valence-electron chi connectivity index (χ0n) is 17.5. The van der Waals surface area contributed by atoms with E-state index in [9.17, 15) is 9.59 Å². The molecular formula is C24H23N5O3. The molecule has 8 nitrogen and oxygen atoms in total. The minimum absolute atomic E-state index is 0.104. The molecule has 2 aromatic carbocycles. The van der Waals surface area contributed by atoms with Gasteiger partial charge in [-0.2, -0.15) is 5.10 Å². The average Bonchev–Trinajstić information content (AvgIpc) is 3.18. The maximum atomic E-state index is 12.4. The van der Waals surface area contributed by atoms with Crippen LogP contribution in [0.4, 0.5) is 5.82 Å². The van der Waals surface area contributed by atoms with Crippen LogP contribution in [0.25, 0.3) is 11.3 Å². The van der Waals surface area contributed by atoms with E-state index in [1.165, 1.54) is 6.08 Å². The predicted octanol–water partition coefficient (Wildman–Crippen LogP) is 2.98. The minimum Gasteiger partial charge on any atom is -0.457 e. The third kappa shape index (κ3) is 3.20. The normalized spacial score (nSPS) is 15.9. The number of rotatable bonds is 5. The number of benzene rings is 2. The van der Waals surface area contributed by atoms with Gasteiger partial charge in [0.15, 0.2) is 0 Å². The number of carbonyl (C=O) groups is 2. The van der Waals surface area contributed by atoms with E-state index in [1.807, 2.05) is 59.3 Å². The molecule has 3 heterocycles. The average molecular weight is 429 g/mol. The van der Waals surface area contributed by atoms with Gasteiger partial charge >= 0.3 is 0 Å². The van der Waals surface area contributed by atoms with Crippen molar-refractivity contribution in [3.05, 3.63) is 72.8 Å². The molecule has 0 aliphatic carbocycles. The first kappa shape index (κ1) is 19.9. The van der Waals surface area contributed by atoms with E-state index in [-0.39, 0.29) is 11.4 Å². The summed E-state index contributed by atoms with van der Waals surface area (Å²) < 4.78 is 7.70. The molecule has 2 amide bonds. The van der Waals surface area contributed by atoms with Gasteiger partial charge < -0.3 is 20.7 Å². The highest BCUT2D eigenvalue weighted by molar-refractivity contribution is 6.04. The quantitative estimate of drug-likeness (QED) is 0.607. The summed E-state index contributed by atoms with van der Waals surface area (Å²) in [5.74, 6) is 1.37. The summed E-state index contributed by atoms with van der Waals surface area (Å²) in [4.78, 5) is 26.1. The van der Waals surface area contributed by atoms with Crippen molar-refractivity contribution in [2.45, 2.75) is 12.0 Å². The van der Waals surface area contributed by atoms with Crippen LogP contribution in [0, 0.1) is 0 Å². The van der Waals surface area contributed by atoms with Gasteiger partial charge in [-0.25, -0.2) is 4.68 Å². The number of likely N-dealkylation sites (tertiary alicyclic amines) is 1. The summed E-state index contributed by atoms with van der Waals surface area (Å²) in [6.07, 6.45) is 2.11. The van der Waals surface area contributed by atoms with Crippen LogP contribution in [0.3, 0.4) is 0 Å². The van der Waals surface area contributed by atoms with E-state index in [0.717, 1.165) is 17.7 Å². The monoisotopic (exact) mass is 429 g/mol. The predicted molar refractivity (Wildman–Crippen MR) is 121 cm³/mol. The lowest BCUT2D eigenvalue weighted by Gasteiger charge is -2.52. The number of anilines is 1. The smallest absolute Gasteiger partial charge is 0.254 e. The van der Waals surface area contributed by atoms with E-state index in [1.54, 1.807) is 4.90 Å². The lowest BCUT2D eigenvalue weighted by molar-refractivity contribution is -0.137. The lowest BCUT2D eigenvalue weighted by atomic mass is 9.84. The van der Waals surface area contributed by atoms with Crippen LogP contribution < -0.4 is 15.8 Å². The molecule has 1 fully saturated rings. The SMILES string of the molecule is C=CC(=O)N1CC2(CCNc3c(C(N)=O)c(-c4ccc(Oc5ccccc5)cc4)nn32)C1. The second kappa shape index (κ2) is 7.56. The first-order valence-electron chi connectivity index (χ1n) is 10.4. The zero-order valence-corrected chi connectivity index (χ0v) is 17.5. The third-order valence-corrected chi connectivity index (χ3v) is 6.03. The molecule has 3 aromatic rings. The van der Waals surface area contributed by atoms with Crippen LogP contribution in [-0.4, -0.2) is 46.1 Å². The number of hydrogen-bond donors (Lipinski definition) is 2. The van der Waals surface area contributed by atoms with Crippen molar-refractivity contribution in [2.24, 2.45) is 5.73 Å². The molecule has 32 heavy (non-hydrogen) atoms. The summed E-state index contributed by atoms with van der Waals surface area (Å²) in [5.41, 5.74) is 7.04. The fraction of sp³-hybridized carbons (Fsp3) is 0.208.